The number of rotatable bonds is 4. The Kier molecular flexibility index (Phi) is 4.54. The van der Waals surface area contributed by atoms with Gasteiger partial charge in [-0.15, -0.1) is 0 Å². The van der Waals surface area contributed by atoms with Gasteiger partial charge in [0.05, 0.1) is 30.6 Å². The number of nitrogens with one attached hydrogen (secondary N) is 1. The SMILES string of the molecule is CC(C)c1cc(NC2COCC2n2nc3c(cc2=O)CCCC3)n2ncnc2n1. The molecule has 0 radical (unpaired) electrons. The molecular weight excluding hydrogens is 370 g/mol. The van der Waals surface area contributed by atoms with Gasteiger partial charge in [-0.05, 0) is 37.2 Å². The zero-order valence-corrected chi connectivity index (χ0v) is 16.7. The van der Waals surface area contributed by atoms with Crippen LogP contribution < -0.4 is 10.9 Å². The molecule has 29 heavy (non-hydrogen) atoms. The first kappa shape index (κ1) is 18.2. The number of aromatic nitrogens is 6. The molecular formula is C20H25N7O2. The van der Waals surface area contributed by atoms with Crippen LogP contribution in [0.2, 0.25) is 0 Å². The molecule has 1 N–H and O–H groups in total. The van der Waals surface area contributed by atoms with Crippen molar-refractivity contribution in [2.45, 2.75) is 57.5 Å². The molecule has 9 nitrogen and oxygen atoms in total. The van der Waals surface area contributed by atoms with Gasteiger partial charge in [-0.25, -0.2) is 9.67 Å². The van der Waals surface area contributed by atoms with Crippen molar-refractivity contribution in [2.75, 3.05) is 18.5 Å². The first-order chi connectivity index (χ1) is 14.1. The summed E-state index contributed by atoms with van der Waals surface area (Å²) in [6.07, 6.45) is 5.63. The highest BCUT2D eigenvalue weighted by atomic mass is 16.5. The number of aryl methyl sites for hydroxylation is 2. The Morgan fingerprint density at radius 2 is 2.07 bits per heavy atom. The zero-order chi connectivity index (χ0) is 20.0. The van der Waals surface area contributed by atoms with Crippen molar-refractivity contribution in [3.8, 4) is 0 Å². The normalized spacial score (nSPS) is 21.6. The van der Waals surface area contributed by atoms with E-state index in [1.165, 1.54) is 6.33 Å². The lowest BCUT2D eigenvalue weighted by molar-refractivity contribution is 0.182. The molecule has 0 spiro atoms. The van der Waals surface area contributed by atoms with Gasteiger partial charge in [-0.2, -0.15) is 19.7 Å². The largest absolute Gasteiger partial charge is 0.377 e. The van der Waals surface area contributed by atoms with E-state index in [1.54, 1.807) is 15.3 Å². The summed E-state index contributed by atoms with van der Waals surface area (Å²) >= 11 is 0. The van der Waals surface area contributed by atoms with Crippen LogP contribution in [0, 0.1) is 0 Å². The van der Waals surface area contributed by atoms with Crippen molar-refractivity contribution in [2.24, 2.45) is 0 Å². The minimum atomic E-state index is -0.177. The summed E-state index contributed by atoms with van der Waals surface area (Å²) in [4.78, 5) is 21.6. The number of hydrogen-bond acceptors (Lipinski definition) is 7. The van der Waals surface area contributed by atoms with Crippen LogP contribution in [0.4, 0.5) is 5.82 Å². The Bertz CT molecular complexity index is 1100. The molecule has 0 amide bonds. The van der Waals surface area contributed by atoms with Crippen molar-refractivity contribution in [3.05, 3.63) is 45.8 Å². The molecule has 1 saturated heterocycles. The predicted molar refractivity (Wildman–Crippen MR) is 107 cm³/mol. The van der Waals surface area contributed by atoms with Gasteiger partial charge >= 0.3 is 0 Å². The predicted octanol–water partition coefficient (Wildman–Crippen LogP) is 1.74. The quantitative estimate of drug-likeness (QED) is 0.718. The van der Waals surface area contributed by atoms with Crippen LogP contribution in [0.1, 0.15) is 55.6 Å². The summed E-state index contributed by atoms with van der Waals surface area (Å²) in [5, 5.41) is 12.5. The number of ether oxygens (including phenoxy) is 1. The van der Waals surface area contributed by atoms with E-state index in [2.05, 4.69) is 34.2 Å². The highest BCUT2D eigenvalue weighted by molar-refractivity contribution is 5.46. The summed E-state index contributed by atoms with van der Waals surface area (Å²) in [6.45, 7) is 5.13. The first-order valence-electron chi connectivity index (χ1n) is 10.3. The van der Waals surface area contributed by atoms with Gasteiger partial charge in [0, 0.05) is 12.1 Å². The standard InChI is InChI=1S/C20H25N7O2/c1-12(2)15-8-18(27-20(24-15)21-11-22-27)23-16-9-29-10-17(16)26-19(28)7-13-5-3-4-6-14(13)25-26/h7-8,11-12,16-17,23H,3-6,9-10H2,1-2H3. The van der Waals surface area contributed by atoms with Crippen molar-refractivity contribution < 1.29 is 4.74 Å². The van der Waals surface area contributed by atoms with Crippen molar-refractivity contribution in [1.82, 2.24) is 29.4 Å². The summed E-state index contributed by atoms with van der Waals surface area (Å²) in [5.41, 5.74) is 3.02. The molecule has 0 saturated carbocycles. The number of nitrogens with zero attached hydrogens (tertiary/aromatic N) is 6. The third-order valence-corrected chi connectivity index (χ3v) is 5.79. The fourth-order valence-corrected chi connectivity index (χ4v) is 4.16. The van der Waals surface area contributed by atoms with Crippen LogP contribution in [-0.2, 0) is 17.6 Å². The molecule has 1 aliphatic heterocycles. The summed E-state index contributed by atoms with van der Waals surface area (Å²) in [6, 6.07) is 3.47. The van der Waals surface area contributed by atoms with Crippen LogP contribution in [0.3, 0.4) is 0 Å². The molecule has 1 fully saturated rings. The Hall–Kier alpha value is -2.81. The second-order valence-corrected chi connectivity index (χ2v) is 8.15. The second-order valence-electron chi connectivity index (χ2n) is 8.15. The zero-order valence-electron chi connectivity index (χ0n) is 16.7. The Morgan fingerprint density at radius 3 is 2.93 bits per heavy atom. The van der Waals surface area contributed by atoms with Crippen molar-refractivity contribution in [1.29, 1.82) is 0 Å². The van der Waals surface area contributed by atoms with Gasteiger partial charge in [-0.1, -0.05) is 13.8 Å². The first-order valence-corrected chi connectivity index (χ1v) is 10.3. The lowest BCUT2D eigenvalue weighted by Gasteiger charge is -2.24. The topological polar surface area (TPSA) is 99.2 Å². The fraction of sp³-hybridized carbons (Fsp3) is 0.550. The number of anilines is 1. The van der Waals surface area contributed by atoms with Gasteiger partial charge < -0.3 is 10.1 Å². The Morgan fingerprint density at radius 1 is 1.21 bits per heavy atom. The molecule has 2 aliphatic rings. The third-order valence-electron chi connectivity index (χ3n) is 5.79. The minimum Gasteiger partial charge on any atom is -0.377 e. The number of fused-ring (bicyclic) bond motifs is 2. The van der Waals surface area contributed by atoms with Crippen LogP contribution in [0.5, 0.6) is 0 Å². The average Bonchev–Trinajstić information content (AvgIpc) is 3.36. The molecule has 3 aromatic heterocycles. The molecule has 0 bridgehead atoms. The molecule has 4 heterocycles. The van der Waals surface area contributed by atoms with Gasteiger partial charge in [0.25, 0.3) is 11.3 Å². The molecule has 2 atom stereocenters. The lowest BCUT2D eigenvalue weighted by atomic mass is 9.97. The Labute approximate surface area is 168 Å². The van der Waals surface area contributed by atoms with Gasteiger partial charge in [0.15, 0.2) is 0 Å². The van der Waals surface area contributed by atoms with Crippen molar-refractivity contribution in [3.63, 3.8) is 0 Å². The summed E-state index contributed by atoms with van der Waals surface area (Å²) in [5.74, 6) is 1.61. The molecule has 2 unspecified atom stereocenters. The maximum absolute atomic E-state index is 12.8. The van der Waals surface area contributed by atoms with E-state index in [1.807, 2.05) is 6.07 Å². The van der Waals surface area contributed by atoms with Crippen LogP contribution in [0.25, 0.3) is 5.78 Å². The smallest absolute Gasteiger partial charge is 0.267 e. The molecule has 1 aliphatic carbocycles. The highest BCUT2D eigenvalue weighted by Crippen LogP contribution is 2.25. The average molecular weight is 395 g/mol. The molecule has 9 heteroatoms. The van der Waals surface area contributed by atoms with E-state index in [0.29, 0.717) is 19.0 Å². The molecule has 0 aromatic carbocycles. The molecule has 3 aromatic rings. The molecule has 152 valence electrons. The lowest BCUT2D eigenvalue weighted by Crippen LogP contribution is -2.38. The summed E-state index contributed by atoms with van der Waals surface area (Å²) < 4.78 is 9.04. The van der Waals surface area contributed by atoms with E-state index in [0.717, 1.165) is 48.5 Å². The monoisotopic (exact) mass is 395 g/mol. The van der Waals surface area contributed by atoms with Crippen LogP contribution in [-0.4, -0.2) is 48.6 Å². The Balaban J connectivity index is 1.49. The molecule has 5 rings (SSSR count). The van der Waals surface area contributed by atoms with Gasteiger partial charge in [0.1, 0.15) is 18.2 Å². The van der Waals surface area contributed by atoms with Crippen LogP contribution >= 0.6 is 0 Å². The fourth-order valence-electron chi connectivity index (χ4n) is 4.16. The minimum absolute atomic E-state index is 0.0588. The highest BCUT2D eigenvalue weighted by Gasteiger charge is 2.33. The maximum Gasteiger partial charge on any atom is 0.267 e. The third kappa shape index (κ3) is 3.29. The van der Waals surface area contributed by atoms with E-state index < -0.39 is 0 Å². The maximum atomic E-state index is 12.8. The number of hydrogen-bond donors (Lipinski definition) is 1. The van der Waals surface area contributed by atoms with E-state index in [9.17, 15) is 4.79 Å². The van der Waals surface area contributed by atoms with Gasteiger partial charge in [0.2, 0.25) is 0 Å². The van der Waals surface area contributed by atoms with E-state index >= 15 is 0 Å². The second kappa shape index (κ2) is 7.22. The van der Waals surface area contributed by atoms with E-state index in [-0.39, 0.29) is 23.6 Å². The van der Waals surface area contributed by atoms with Gasteiger partial charge in [-0.3, -0.25) is 4.79 Å². The van der Waals surface area contributed by atoms with E-state index in [4.69, 9.17) is 9.84 Å². The summed E-state index contributed by atoms with van der Waals surface area (Å²) in [7, 11) is 0. The van der Waals surface area contributed by atoms with Crippen molar-refractivity contribution >= 4 is 11.6 Å². The van der Waals surface area contributed by atoms with Crippen LogP contribution in [0.15, 0.2) is 23.3 Å².